The van der Waals surface area contributed by atoms with Gasteiger partial charge in [0.1, 0.15) is 0 Å². The first kappa shape index (κ1) is 6.16. The smallest absolute Gasteiger partial charge is 0.307 e. The van der Waals surface area contributed by atoms with Crippen molar-refractivity contribution in [2.24, 2.45) is 11.3 Å². The second-order valence-corrected chi connectivity index (χ2v) is 3.43. The average Bonchev–Trinajstić information content (AvgIpc) is 2.60. The number of aliphatic carboxylic acids is 1. The number of rotatable bonds is 1. The Bertz CT molecular complexity index is 192. The summed E-state index contributed by atoms with van der Waals surface area (Å²) in [6, 6.07) is 0.425. The molecule has 2 fully saturated rings. The summed E-state index contributed by atoms with van der Waals surface area (Å²) >= 11 is 0. The van der Waals surface area contributed by atoms with Gasteiger partial charge in [-0.2, -0.15) is 0 Å². The Kier molecular flexibility index (Phi) is 0.944. The van der Waals surface area contributed by atoms with Crippen LogP contribution in [0.4, 0.5) is 0 Å². The Morgan fingerprint density at radius 3 is 2.60 bits per heavy atom. The highest BCUT2D eigenvalue weighted by Gasteiger charge is 2.65. The molecule has 1 saturated carbocycles. The van der Waals surface area contributed by atoms with Crippen molar-refractivity contribution < 1.29 is 9.90 Å². The van der Waals surface area contributed by atoms with Crippen LogP contribution >= 0.6 is 0 Å². The fourth-order valence-corrected chi connectivity index (χ4v) is 1.90. The van der Waals surface area contributed by atoms with Crippen molar-refractivity contribution in [3.63, 3.8) is 0 Å². The highest BCUT2D eigenvalue weighted by molar-refractivity contribution is 5.75. The molecule has 0 aromatic heterocycles. The minimum Gasteiger partial charge on any atom is -0.481 e. The van der Waals surface area contributed by atoms with Gasteiger partial charge < -0.3 is 10.4 Å². The molecular formula is C7H11NO2. The second-order valence-electron chi connectivity index (χ2n) is 3.43. The lowest BCUT2D eigenvalue weighted by Gasteiger charge is -2.36. The molecule has 3 nitrogen and oxygen atoms in total. The minimum atomic E-state index is -0.617. The summed E-state index contributed by atoms with van der Waals surface area (Å²) in [5, 5.41) is 11.8. The van der Waals surface area contributed by atoms with Crippen LogP contribution in [0.25, 0.3) is 0 Å². The van der Waals surface area contributed by atoms with Crippen LogP contribution in [0.2, 0.25) is 0 Å². The molecule has 3 atom stereocenters. The Labute approximate surface area is 59.4 Å². The summed E-state index contributed by atoms with van der Waals surface area (Å²) in [7, 11) is 0. The van der Waals surface area contributed by atoms with Crippen molar-refractivity contribution >= 4 is 5.97 Å². The number of carbonyl (C=O) groups is 1. The van der Waals surface area contributed by atoms with Crippen molar-refractivity contribution in [3.8, 4) is 0 Å². The molecule has 1 aliphatic carbocycles. The molecular weight excluding hydrogens is 130 g/mol. The van der Waals surface area contributed by atoms with E-state index in [4.69, 9.17) is 5.11 Å². The predicted molar refractivity (Wildman–Crippen MR) is 35.6 cm³/mol. The fraction of sp³-hybridized carbons (Fsp3) is 0.857. The Morgan fingerprint density at radius 2 is 2.50 bits per heavy atom. The maximum Gasteiger partial charge on any atom is 0.307 e. The topological polar surface area (TPSA) is 49.3 Å². The van der Waals surface area contributed by atoms with Crippen LogP contribution in [-0.2, 0) is 4.79 Å². The van der Waals surface area contributed by atoms with E-state index in [9.17, 15) is 4.79 Å². The van der Waals surface area contributed by atoms with Gasteiger partial charge in [0.25, 0.3) is 0 Å². The second kappa shape index (κ2) is 1.53. The summed E-state index contributed by atoms with van der Waals surface area (Å²) in [5.41, 5.74) is 0.159. The largest absolute Gasteiger partial charge is 0.481 e. The third-order valence-corrected chi connectivity index (χ3v) is 3.02. The van der Waals surface area contributed by atoms with Gasteiger partial charge in [0.2, 0.25) is 0 Å². The first-order chi connectivity index (χ1) is 4.67. The SMILES string of the molecule is CC1NCC12CC2C(=O)O. The highest BCUT2D eigenvalue weighted by Crippen LogP contribution is 2.58. The van der Waals surface area contributed by atoms with E-state index in [1.54, 1.807) is 0 Å². The molecule has 10 heavy (non-hydrogen) atoms. The van der Waals surface area contributed by atoms with Gasteiger partial charge in [-0.3, -0.25) is 4.79 Å². The fourth-order valence-electron chi connectivity index (χ4n) is 1.90. The lowest BCUT2D eigenvalue weighted by molar-refractivity contribution is -0.140. The zero-order valence-corrected chi connectivity index (χ0v) is 5.92. The highest BCUT2D eigenvalue weighted by atomic mass is 16.4. The summed E-state index contributed by atoms with van der Waals surface area (Å²) in [6.45, 7) is 2.97. The van der Waals surface area contributed by atoms with E-state index in [0.717, 1.165) is 13.0 Å². The monoisotopic (exact) mass is 141 g/mol. The molecule has 3 heteroatoms. The lowest BCUT2D eigenvalue weighted by Crippen LogP contribution is -2.54. The quantitative estimate of drug-likeness (QED) is 0.543. The Hall–Kier alpha value is -0.570. The van der Waals surface area contributed by atoms with Crippen molar-refractivity contribution in [1.82, 2.24) is 5.32 Å². The predicted octanol–water partition coefficient (Wildman–Crippen LogP) is 0.0690. The molecule has 1 spiro atoms. The van der Waals surface area contributed by atoms with Crippen LogP contribution in [0, 0.1) is 11.3 Å². The van der Waals surface area contributed by atoms with E-state index in [0.29, 0.717) is 6.04 Å². The first-order valence-corrected chi connectivity index (χ1v) is 3.63. The molecule has 1 heterocycles. The Balaban J connectivity index is 2.05. The molecule has 2 rings (SSSR count). The van der Waals surface area contributed by atoms with Crippen molar-refractivity contribution in [2.45, 2.75) is 19.4 Å². The summed E-state index contributed by atoms with van der Waals surface area (Å²) in [4.78, 5) is 10.5. The van der Waals surface area contributed by atoms with Crippen LogP contribution in [0.3, 0.4) is 0 Å². The number of hydrogen-bond acceptors (Lipinski definition) is 2. The number of carboxylic acid groups (broad SMARTS) is 1. The number of hydrogen-bond donors (Lipinski definition) is 2. The minimum absolute atomic E-state index is 0.0521. The van der Waals surface area contributed by atoms with E-state index in [2.05, 4.69) is 12.2 Å². The molecule has 0 aromatic rings. The number of nitrogens with one attached hydrogen (secondary N) is 1. The molecule has 2 N–H and O–H groups in total. The van der Waals surface area contributed by atoms with E-state index >= 15 is 0 Å². The van der Waals surface area contributed by atoms with Gasteiger partial charge in [-0.05, 0) is 13.3 Å². The van der Waals surface area contributed by atoms with Gasteiger partial charge in [0, 0.05) is 18.0 Å². The lowest BCUT2D eigenvalue weighted by atomic mass is 9.87. The van der Waals surface area contributed by atoms with Gasteiger partial charge in [-0.1, -0.05) is 0 Å². The number of carboxylic acids is 1. The van der Waals surface area contributed by atoms with Gasteiger partial charge >= 0.3 is 5.97 Å². The standard InChI is InChI=1S/C7H11NO2/c1-4-7(3-8-4)2-5(7)6(9)10/h4-5,8H,2-3H2,1H3,(H,9,10). The first-order valence-electron chi connectivity index (χ1n) is 3.63. The molecule has 0 radical (unpaired) electrons. The van der Waals surface area contributed by atoms with E-state index < -0.39 is 5.97 Å². The van der Waals surface area contributed by atoms with E-state index in [1.807, 2.05) is 0 Å². The maximum absolute atomic E-state index is 10.5. The molecule has 1 saturated heterocycles. The third-order valence-electron chi connectivity index (χ3n) is 3.02. The zero-order chi connectivity index (χ0) is 7.35. The zero-order valence-electron chi connectivity index (χ0n) is 5.92. The van der Waals surface area contributed by atoms with Crippen molar-refractivity contribution in [2.75, 3.05) is 6.54 Å². The molecule has 3 unspecified atom stereocenters. The van der Waals surface area contributed by atoms with Gasteiger partial charge in [-0.15, -0.1) is 0 Å². The molecule has 0 aromatic carbocycles. The molecule has 2 aliphatic rings. The summed E-state index contributed by atoms with van der Waals surface area (Å²) < 4.78 is 0. The van der Waals surface area contributed by atoms with Crippen molar-refractivity contribution in [1.29, 1.82) is 0 Å². The van der Waals surface area contributed by atoms with E-state index in [1.165, 1.54) is 0 Å². The molecule has 1 aliphatic heterocycles. The van der Waals surface area contributed by atoms with Gasteiger partial charge in [-0.25, -0.2) is 0 Å². The third kappa shape index (κ3) is 0.515. The maximum atomic E-state index is 10.5. The van der Waals surface area contributed by atoms with Crippen LogP contribution in [0.5, 0.6) is 0 Å². The molecule has 56 valence electrons. The van der Waals surface area contributed by atoms with E-state index in [-0.39, 0.29) is 11.3 Å². The Morgan fingerprint density at radius 1 is 1.80 bits per heavy atom. The van der Waals surface area contributed by atoms with Crippen molar-refractivity contribution in [3.05, 3.63) is 0 Å². The molecule has 0 bridgehead atoms. The van der Waals surface area contributed by atoms with Gasteiger partial charge in [0.05, 0.1) is 5.92 Å². The van der Waals surface area contributed by atoms with Gasteiger partial charge in [0.15, 0.2) is 0 Å². The average molecular weight is 141 g/mol. The van der Waals surface area contributed by atoms with Crippen LogP contribution in [0.15, 0.2) is 0 Å². The summed E-state index contributed by atoms with van der Waals surface area (Å²) in [6.07, 6.45) is 0.885. The molecule has 0 amide bonds. The van der Waals surface area contributed by atoms with Crippen LogP contribution in [-0.4, -0.2) is 23.7 Å². The van der Waals surface area contributed by atoms with Crippen LogP contribution < -0.4 is 5.32 Å². The van der Waals surface area contributed by atoms with Crippen LogP contribution in [0.1, 0.15) is 13.3 Å². The normalized spacial score (nSPS) is 50.5. The summed E-state index contributed by atoms with van der Waals surface area (Å²) in [5.74, 6) is -0.669.